The standard InChI is InChI=1S/C15H21N3O2/c1-20-10-7-8-11-13(9-10)18(15(16)17-11)12-5-3-2-4-6-14(12)19/h7-9,12,14,19H,2-6H2,1H3,(H2,16,17). The first-order valence-electron chi connectivity index (χ1n) is 7.20. The number of rotatable bonds is 2. The number of hydrogen-bond acceptors (Lipinski definition) is 4. The molecule has 0 amide bonds. The number of nitrogen functional groups attached to an aromatic ring is 1. The maximum absolute atomic E-state index is 10.4. The number of methoxy groups -OCH3 is 1. The number of anilines is 1. The quantitative estimate of drug-likeness (QED) is 0.826. The fourth-order valence-corrected chi connectivity index (χ4v) is 3.14. The minimum Gasteiger partial charge on any atom is -0.497 e. The number of aliphatic hydroxyl groups excluding tert-OH is 1. The first-order valence-corrected chi connectivity index (χ1v) is 7.20. The summed E-state index contributed by atoms with van der Waals surface area (Å²) in [4.78, 5) is 4.40. The van der Waals surface area contributed by atoms with Crippen LogP contribution in [0.3, 0.4) is 0 Å². The summed E-state index contributed by atoms with van der Waals surface area (Å²) in [5.41, 5.74) is 7.87. The lowest BCUT2D eigenvalue weighted by Crippen LogP contribution is -2.24. The predicted molar refractivity (Wildman–Crippen MR) is 78.8 cm³/mol. The van der Waals surface area contributed by atoms with Gasteiger partial charge in [0.2, 0.25) is 5.95 Å². The van der Waals surface area contributed by atoms with Crippen molar-refractivity contribution >= 4 is 17.0 Å². The van der Waals surface area contributed by atoms with E-state index in [2.05, 4.69) is 4.98 Å². The molecule has 2 unspecified atom stereocenters. The van der Waals surface area contributed by atoms with Crippen molar-refractivity contribution in [3.05, 3.63) is 18.2 Å². The third kappa shape index (κ3) is 2.22. The molecule has 0 aliphatic heterocycles. The van der Waals surface area contributed by atoms with Crippen LogP contribution in [0.15, 0.2) is 18.2 Å². The normalized spacial score (nSPS) is 23.7. The zero-order valence-corrected chi connectivity index (χ0v) is 11.7. The van der Waals surface area contributed by atoms with Gasteiger partial charge in [-0.1, -0.05) is 19.3 Å². The molecule has 2 atom stereocenters. The van der Waals surface area contributed by atoms with Gasteiger partial charge in [-0.15, -0.1) is 0 Å². The van der Waals surface area contributed by atoms with Crippen molar-refractivity contribution < 1.29 is 9.84 Å². The first kappa shape index (κ1) is 13.2. The fraction of sp³-hybridized carbons (Fsp3) is 0.533. The summed E-state index contributed by atoms with van der Waals surface area (Å²) in [5.74, 6) is 1.25. The van der Waals surface area contributed by atoms with E-state index in [4.69, 9.17) is 10.5 Å². The van der Waals surface area contributed by atoms with Crippen molar-refractivity contribution in [1.82, 2.24) is 9.55 Å². The lowest BCUT2D eigenvalue weighted by molar-refractivity contribution is 0.108. The van der Waals surface area contributed by atoms with Gasteiger partial charge in [0, 0.05) is 6.07 Å². The molecule has 1 aliphatic carbocycles. The Morgan fingerprint density at radius 3 is 2.90 bits per heavy atom. The molecular formula is C15H21N3O2. The van der Waals surface area contributed by atoms with E-state index in [1.54, 1.807) is 7.11 Å². The second-order valence-corrected chi connectivity index (χ2v) is 5.47. The largest absolute Gasteiger partial charge is 0.497 e. The molecule has 5 nitrogen and oxygen atoms in total. The van der Waals surface area contributed by atoms with E-state index in [1.165, 1.54) is 6.42 Å². The van der Waals surface area contributed by atoms with Gasteiger partial charge in [0.1, 0.15) is 5.75 Å². The maximum atomic E-state index is 10.4. The summed E-state index contributed by atoms with van der Waals surface area (Å²) in [6, 6.07) is 5.73. The summed E-state index contributed by atoms with van der Waals surface area (Å²) >= 11 is 0. The summed E-state index contributed by atoms with van der Waals surface area (Å²) in [5, 5.41) is 10.4. The molecular weight excluding hydrogens is 254 g/mol. The number of benzene rings is 1. The summed E-state index contributed by atoms with van der Waals surface area (Å²) in [6.07, 6.45) is 4.77. The molecule has 1 aliphatic rings. The highest BCUT2D eigenvalue weighted by Crippen LogP contribution is 2.34. The number of ether oxygens (including phenoxy) is 1. The first-order chi connectivity index (χ1) is 9.70. The number of nitrogens with zero attached hydrogens (tertiary/aromatic N) is 2. The van der Waals surface area contributed by atoms with E-state index in [0.717, 1.165) is 42.5 Å². The molecule has 1 heterocycles. The zero-order valence-electron chi connectivity index (χ0n) is 11.7. The van der Waals surface area contributed by atoms with Gasteiger partial charge >= 0.3 is 0 Å². The molecule has 20 heavy (non-hydrogen) atoms. The Hall–Kier alpha value is -1.75. The van der Waals surface area contributed by atoms with E-state index >= 15 is 0 Å². The Bertz CT molecular complexity index is 608. The topological polar surface area (TPSA) is 73.3 Å². The monoisotopic (exact) mass is 275 g/mol. The Labute approximate surface area is 118 Å². The van der Waals surface area contributed by atoms with Crippen molar-refractivity contribution in [1.29, 1.82) is 0 Å². The number of aliphatic hydroxyl groups is 1. The van der Waals surface area contributed by atoms with Crippen molar-refractivity contribution in [2.24, 2.45) is 0 Å². The van der Waals surface area contributed by atoms with Gasteiger partial charge in [0.15, 0.2) is 0 Å². The van der Waals surface area contributed by atoms with Gasteiger partial charge < -0.3 is 20.1 Å². The minimum absolute atomic E-state index is 0.00889. The van der Waals surface area contributed by atoms with Crippen LogP contribution in [0.2, 0.25) is 0 Å². The van der Waals surface area contributed by atoms with Crippen molar-refractivity contribution in [2.45, 2.75) is 44.2 Å². The molecule has 1 aromatic heterocycles. The van der Waals surface area contributed by atoms with Crippen LogP contribution < -0.4 is 10.5 Å². The van der Waals surface area contributed by atoms with Crippen molar-refractivity contribution in [3.63, 3.8) is 0 Å². The third-order valence-electron chi connectivity index (χ3n) is 4.20. The molecule has 2 aromatic rings. The van der Waals surface area contributed by atoms with Crippen LogP contribution in [0.5, 0.6) is 5.75 Å². The average Bonchev–Trinajstić information content (AvgIpc) is 2.62. The molecule has 108 valence electrons. The number of aromatic nitrogens is 2. The third-order valence-corrected chi connectivity index (χ3v) is 4.20. The summed E-state index contributed by atoms with van der Waals surface area (Å²) < 4.78 is 7.26. The lowest BCUT2D eigenvalue weighted by atomic mass is 10.1. The minimum atomic E-state index is -0.358. The van der Waals surface area contributed by atoms with Gasteiger partial charge in [-0.3, -0.25) is 0 Å². The smallest absolute Gasteiger partial charge is 0.201 e. The van der Waals surface area contributed by atoms with E-state index in [0.29, 0.717) is 5.95 Å². The number of nitrogens with two attached hydrogens (primary N) is 1. The van der Waals surface area contributed by atoms with Gasteiger partial charge in [0.25, 0.3) is 0 Å². The highest BCUT2D eigenvalue weighted by atomic mass is 16.5. The lowest BCUT2D eigenvalue weighted by Gasteiger charge is -2.23. The van der Waals surface area contributed by atoms with E-state index in [-0.39, 0.29) is 12.1 Å². The fourth-order valence-electron chi connectivity index (χ4n) is 3.14. The molecule has 0 saturated heterocycles. The van der Waals surface area contributed by atoms with Crippen LogP contribution >= 0.6 is 0 Å². The average molecular weight is 275 g/mol. The Balaban J connectivity index is 2.10. The van der Waals surface area contributed by atoms with E-state index < -0.39 is 0 Å². The van der Waals surface area contributed by atoms with Crippen LogP contribution in [0.25, 0.3) is 11.0 Å². The van der Waals surface area contributed by atoms with Crippen LogP contribution in [0, 0.1) is 0 Å². The molecule has 0 bridgehead atoms. The SMILES string of the molecule is COc1ccc2nc(N)n(C3CCCCCC3O)c2c1. The molecule has 0 radical (unpaired) electrons. The van der Waals surface area contributed by atoms with Gasteiger partial charge in [-0.05, 0) is 25.0 Å². The molecule has 5 heteroatoms. The van der Waals surface area contributed by atoms with Crippen LogP contribution in [0.1, 0.15) is 38.1 Å². The second kappa shape index (κ2) is 5.32. The van der Waals surface area contributed by atoms with Crippen LogP contribution in [-0.2, 0) is 0 Å². The van der Waals surface area contributed by atoms with Gasteiger partial charge in [-0.2, -0.15) is 0 Å². The predicted octanol–water partition coefficient (Wildman–Crippen LogP) is 2.49. The van der Waals surface area contributed by atoms with Crippen LogP contribution in [0.4, 0.5) is 5.95 Å². The molecule has 1 fully saturated rings. The van der Waals surface area contributed by atoms with Crippen molar-refractivity contribution in [2.75, 3.05) is 12.8 Å². The number of imidazole rings is 1. The van der Waals surface area contributed by atoms with Gasteiger partial charge in [0.05, 0.1) is 30.3 Å². The maximum Gasteiger partial charge on any atom is 0.201 e. The van der Waals surface area contributed by atoms with Crippen LogP contribution in [-0.4, -0.2) is 27.9 Å². The molecule has 3 rings (SSSR count). The Morgan fingerprint density at radius 2 is 2.10 bits per heavy atom. The Kier molecular flexibility index (Phi) is 3.53. The highest BCUT2D eigenvalue weighted by molar-refractivity contribution is 5.80. The highest BCUT2D eigenvalue weighted by Gasteiger charge is 2.26. The number of hydrogen-bond donors (Lipinski definition) is 2. The second-order valence-electron chi connectivity index (χ2n) is 5.47. The van der Waals surface area contributed by atoms with E-state index in [1.807, 2.05) is 22.8 Å². The Morgan fingerprint density at radius 1 is 1.30 bits per heavy atom. The number of fused-ring (bicyclic) bond motifs is 1. The van der Waals surface area contributed by atoms with E-state index in [9.17, 15) is 5.11 Å². The molecule has 3 N–H and O–H groups in total. The zero-order chi connectivity index (χ0) is 14.1. The van der Waals surface area contributed by atoms with Gasteiger partial charge in [-0.25, -0.2) is 4.98 Å². The molecule has 0 spiro atoms. The molecule has 1 aromatic carbocycles. The summed E-state index contributed by atoms with van der Waals surface area (Å²) in [6.45, 7) is 0. The summed E-state index contributed by atoms with van der Waals surface area (Å²) in [7, 11) is 1.64. The molecule has 1 saturated carbocycles. The van der Waals surface area contributed by atoms with Crippen molar-refractivity contribution in [3.8, 4) is 5.75 Å².